The van der Waals surface area contributed by atoms with Crippen molar-refractivity contribution in [3.63, 3.8) is 0 Å². The number of amides is 5. The second-order valence-electron chi connectivity index (χ2n) is 15.0. The van der Waals surface area contributed by atoms with Gasteiger partial charge in [-0.15, -0.1) is 0 Å². The van der Waals surface area contributed by atoms with Gasteiger partial charge in [0.2, 0.25) is 23.6 Å². The molecule has 19 nitrogen and oxygen atoms in total. The highest BCUT2D eigenvalue weighted by Crippen LogP contribution is 2.24. The first-order valence-corrected chi connectivity index (χ1v) is 23.5. The molecule has 7 N–H and O–H groups in total. The van der Waals surface area contributed by atoms with Crippen LogP contribution in [-0.2, 0) is 61.1 Å². The van der Waals surface area contributed by atoms with Crippen LogP contribution in [0.15, 0.2) is 47.6 Å². The van der Waals surface area contributed by atoms with Gasteiger partial charge in [-0.05, 0) is 98.9 Å². The standard InChI is InChI=1S/C43H58N6O13S2/c1-27(50)33(21-39(54)55)48-42(59)36-9-8-14-49(36)43(60)35(20-28-10-12-31(51)13-11-28)47-37(52)23-44-41(58)34(22-40(56)57)46-38(53)24-45-62-16-7-5-4-6-15-61-32-18-29(25-63-2)17-30(19-32)26-64-3/h10-13,17-19,24,33-36,51H,4-9,14-16,20-23,25-26H2,1-3H3,(H,44,58)(H,46,53)(H,47,52)(H,48,59)(H,54,55)(H,56,57)/b45-24+/t33?,34?,35?,36-/m0/s1. The summed E-state index contributed by atoms with van der Waals surface area (Å²) in [6.45, 7) is 1.28. The molecule has 4 atom stereocenters. The average Bonchev–Trinajstić information content (AvgIpc) is 3.73. The van der Waals surface area contributed by atoms with E-state index < -0.39 is 90.8 Å². The molecule has 2 aromatic rings. The number of Topliss-reactive ketones (excluding diaryl/α,β-unsaturated/α-hetero) is 1. The van der Waals surface area contributed by atoms with Gasteiger partial charge in [-0.2, -0.15) is 23.5 Å². The number of carboxylic acid groups (broad SMARTS) is 2. The first-order chi connectivity index (χ1) is 30.6. The fraction of sp³-hybridized carbons (Fsp3) is 0.512. The van der Waals surface area contributed by atoms with Gasteiger partial charge in [-0.1, -0.05) is 23.4 Å². The first kappa shape index (κ1) is 52.5. The minimum Gasteiger partial charge on any atom is -0.508 e. The van der Waals surface area contributed by atoms with E-state index >= 15 is 0 Å². The number of oxime groups is 1. The van der Waals surface area contributed by atoms with Gasteiger partial charge in [0, 0.05) is 24.5 Å². The van der Waals surface area contributed by atoms with Gasteiger partial charge in [0.15, 0.2) is 5.78 Å². The summed E-state index contributed by atoms with van der Waals surface area (Å²) >= 11 is 3.52. The van der Waals surface area contributed by atoms with Crippen molar-refractivity contribution in [1.29, 1.82) is 0 Å². The van der Waals surface area contributed by atoms with Crippen molar-refractivity contribution in [2.24, 2.45) is 5.16 Å². The Labute approximate surface area is 380 Å². The van der Waals surface area contributed by atoms with Gasteiger partial charge in [-0.25, -0.2) is 0 Å². The number of ketones is 1. The number of hydrogen-bond acceptors (Lipinski definition) is 14. The molecule has 0 bridgehead atoms. The Balaban J connectivity index is 1.49. The van der Waals surface area contributed by atoms with Crippen LogP contribution in [0.25, 0.3) is 0 Å². The van der Waals surface area contributed by atoms with Gasteiger partial charge in [0.25, 0.3) is 5.91 Å². The molecule has 5 amide bonds. The quantitative estimate of drug-likeness (QED) is 0.0351. The van der Waals surface area contributed by atoms with Crippen LogP contribution >= 0.6 is 23.5 Å². The molecule has 1 saturated heterocycles. The van der Waals surface area contributed by atoms with Crippen molar-refractivity contribution >= 4 is 77.0 Å². The third-order valence-electron chi connectivity index (χ3n) is 9.76. The van der Waals surface area contributed by atoms with Crippen LogP contribution in [0.2, 0.25) is 0 Å². The fourth-order valence-electron chi connectivity index (χ4n) is 6.70. The predicted molar refractivity (Wildman–Crippen MR) is 240 cm³/mol. The summed E-state index contributed by atoms with van der Waals surface area (Å²) in [5.41, 5.74) is 2.98. The van der Waals surface area contributed by atoms with E-state index in [0.717, 1.165) is 49.7 Å². The predicted octanol–water partition coefficient (Wildman–Crippen LogP) is 2.40. The maximum Gasteiger partial charge on any atom is 0.305 e. The Morgan fingerprint density at radius 3 is 2.05 bits per heavy atom. The lowest BCUT2D eigenvalue weighted by Gasteiger charge is -2.29. The number of nitrogens with one attached hydrogen (secondary N) is 4. The number of thioether (sulfide) groups is 2. The maximum absolute atomic E-state index is 13.9. The summed E-state index contributed by atoms with van der Waals surface area (Å²) < 4.78 is 5.99. The average molecular weight is 931 g/mol. The van der Waals surface area contributed by atoms with E-state index in [9.17, 15) is 48.6 Å². The van der Waals surface area contributed by atoms with Gasteiger partial charge >= 0.3 is 11.9 Å². The number of rotatable bonds is 29. The summed E-state index contributed by atoms with van der Waals surface area (Å²) in [4.78, 5) is 107. The van der Waals surface area contributed by atoms with E-state index in [1.54, 1.807) is 23.5 Å². The minimum atomic E-state index is -1.62. The molecular formula is C43H58N6O13S2. The van der Waals surface area contributed by atoms with E-state index in [-0.39, 0.29) is 31.7 Å². The number of carbonyl (C=O) groups excluding carboxylic acids is 6. The van der Waals surface area contributed by atoms with Gasteiger partial charge < -0.3 is 51.1 Å². The number of phenols is 1. The lowest BCUT2D eigenvalue weighted by atomic mass is 10.0. The third kappa shape index (κ3) is 19.3. The summed E-state index contributed by atoms with van der Waals surface area (Å²) in [6, 6.07) is 6.81. The number of aliphatic carboxylic acids is 2. The number of phenolic OH excluding ortho intramolecular Hbond substituents is 1. The molecule has 0 aromatic heterocycles. The number of hydrogen-bond donors (Lipinski definition) is 7. The van der Waals surface area contributed by atoms with Gasteiger partial charge in [0.1, 0.15) is 42.4 Å². The molecule has 3 rings (SSSR count). The molecule has 0 spiro atoms. The van der Waals surface area contributed by atoms with Crippen LogP contribution in [0.1, 0.15) is 75.0 Å². The summed E-state index contributed by atoms with van der Waals surface area (Å²) in [5, 5.41) is 41.3. The van der Waals surface area contributed by atoms with E-state index in [2.05, 4.69) is 57.1 Å². The largest absolute Gasteiger partial charge is 0.508 e. The van der Waals surface area contributed by atoms with E-state index in [1.165, 1.54) is 40.3 Å². The highest BCUT2D eigenvalue weighted by Gasteiger charge is 2.39. The number of aromatic hydroxyl groups is 1. The number of unbranched alkanes of at least 4 members (excludes halogenated alkanes) is 3. The molecule has 64 heavy (non-hydrogen) atoms. The normalized spacial score (nSPS) is 14.8. The molecule has 1 aliphatic heterocycles. The number of likely N-dealkylation sites (tertiary alicyclic amines) is 1. The SMILES string of the molecule is CSCc1cc(CSC)cc(OCCCCCCO/N=C/C(=O)NC(CC(=O)O)C(=O)NCC(=O)NC(Cc2ccc(O)cc2)C(=O)N2CCC[C@H]2C(=O)NC(CC(=O)O)C(C)=O)c1. The number of carbonyl (C=O) groups is 8. The number of carboxylic acids is 2. The van der Waals surface area contributed by atoms with Crippen molar-refractivity contribution in [2.75, 3.05) is 38.8 Å². The highest BCUT2D eigenvalue weighted by atomic mass is 32.2. The van der Waals surface area contributed by atoms with Crippen molar-refractivity contribution in [2.45, 2.75) is 100 Å². The van der Waals surface area contributed by atoms with E-state index in [0.29, 0.717) is 25.0 Å². The van der Waals surface area contributed by atoms with Crippen LogP contribution in [0, 0.1) is 0 Å². The zero-order valence-corrected chi connectivity index (χ0v) is 37.8. The molecule has 2 aromatic carbocycles. The van der Waals surface area contributed by atoms with Crippen LogP contribution in [0.4, 0.5) is 0 Å². The molecule has 1 heterocycles. The summed E-state index contributed by atoms with van der Waals surface area (Å²) in [7, 11) is 0. The number of ether oxygens (including phenoxy) is 1. The molecule has 350 valence electrons. The molecular weight excluding hydrogens is 873 g/mol. The third-order valence-corrected chi connectivity index (χ3v) is 11.0. The Hall–Kier alpha value is -5.83. The van der Waals surface area contributed by atoms with Crippen molar-refractivity contribution in [3.05, 3.63) is 59.2 Å². The van der Waals surface area contributed by atoms with Crippen LogP contribution in [0.3, 0.4) is 0 Å². The fourth-order valence-corrected chi connectivity index (χ4v) is 7.70. The number of benzene rings is 2. The lowest BCUT2D eigenvalue weighted by Crippen LogP contribution is -2.57. The summed E-state index contributed by atoms with van der Waals surface area (Å²) in [5.74, 6) is -4.91. The Morgan fingerprint density at radius 2 is 1.44 bits per heavy atom. The van der Waals surface area contributed by atoms with E-state index in [1.807, 2.05) is 0 Å². The molecule has 1 aliphatic rings. The molecule has 3 unspecified atom stereocenters. The Bertz CT molecular complexity index is 1930. The summed E-state index contributed by atoms with van der Waals surface area (Å²) in [6.07, 6.45) is 7.07. The molecule has 0 aliphatic carbocycles. The van der Waals surface area contributed by atoms with Gasteiger partial charge in [-0.3, -0.25) is 38.4 Å². The van der Waals surface area contributed by atoms with Crippen molar-refractivity contribution < 1.29 is 63.3 Å². The van der Waals surface area contributed by atoms with Crippen LogP contribution < -0.4 is 26.0 Å². The van der Waals surface area contributed by atoms with Crippen molar-refractivity contribution in [3.8, 4) is 11.5 Å². The zero-order chi connectivity index (χ0) is 47.0. The maximum atomic E-state index is 13.9. The lowest BCUT2D eigenvalue weighted by molar-refractivity contribution is -0.143. The van der Waals surface area contributed by atoms with Crippen LogP contribution in [-0.4, -0.2) is 137 Å². The smallest absolute Gasteiger partial charge is 0.305 e. The topological polar surface area (TPSA) is 279 Å². The monoisotopic (exact) mass is 930 g/mol. The first-order valence-electron chi connectivity index (χ1n) is 20.7. The molecule has 21 heteroatoms. The molecule has 1 fully saturated rings. The van der Waals surface area contributed by atoms with E-state index in [4.69, 9.17) is 14.7 Å². The Morgan fingerprint density at radius 1 is 0.812 bits per heavy atom. The second-order valence-corrected chi connectivity index (χ2v) is 16.7. The second kappa shape index (κ2) is 28.1. The Kier molecular flexibility index (Phi) is 23.0. The number of nitrogens with zero attached hydrogens (tertiary/aromatic N) is 2. The minimum absolute atomic E-state index is 0.0504. The zero-order valence-electron chi connectivity index (χ0n) is 36.2. The van der Waals surface area contributed by atoms with Gasteiger partial charge in [0.05, 0.1) is 32.0 Å². The van der Waals surface area contributed by atoms with Crippen LogP contribution in [0.5, 0.6) is 11.5 Å². The molecule has 0 saturated carbocycles. The van der Waals surface area contributed by atoms with Crippen molar-refractivity contribution in [1.82, 2.24) is 26.2 Å². The molecule has 0 radical (unpaired) electrons. The highest BCUT2D eigenvalue weighted by molar-refractivity contribution is 7.98.